The molecule has 3 rings (SSSR count). The molecule has 0 aliphatic rings. The Bertz CT molecular complexity index is 860. The number of aliphatic hydroxyl groups excluding tert-OH is 1. The van der Waals surface area contributed by atoms with E-state index in [0.717, 1.165) is 15.9 Å². The number of hydrogen-bond acceptors (Lipinski definition) is 5. The number of hydrogen-bond donors (Lipinski definition) is 1. The standard InChI is InChI=1S/C18H15N3OS/c1-21(13-7-3-2-4-8-13)12-16(22)14(11-19)18-20-15-9-5-6-10-17(15)23-18/h2-10,22H,12H2,1H3/b16-14-. The van der Waals surface area contributed by atoms with Gasteiger partial charge in [-0.2, -0.15) is 5.26 Å². The van der Waals surface area contributed by atoms with E-state index in [-0.39, 0.29) is 17.9 Å². The smallest absolute Gasteiger partial charge is 0.138 e. The fraction of sp³-hybridized carbons (Fsp3) is 0.111. The van der Waals surface area contributed by atoms with E-state index < -0.39 is 0 Å². The summed E-state index contributed by atoms with van der Waals surface area (Å²) in [6.45, 7) is 0.253. The summed E-state index contributed by atoms with van der Waals surface area (Å²) in [6, 6.07) is 19.5. The number of anilines is 1. The van der Waals surface area contributed by atoms with Crippen molar-refractivity contribution in [3.05, 3.63) is 65.4 Å². The van der Waals surface area contributed by atoms with E-state index in [4.69, 9.17) is 0 Å². The molecule has 0 bridgehead atoms. The van der Waals surface area contributed by atoms with Crippen molar-refractivity contribution in [2.75, 3.05) is 18.5 Å². The van der Waals surface area contributed by atoms with Crippen molar-refractivity contribution in [1.29, 1.82) is 5.26 Å². The van der Waals surface area contributed by atoms with E-state index in [1.54, 1.807) is 0 Å². The number of nitriles is 1. The highest BCUT2D eigenvalue weighted by molar-refractivity contribution is 7.19. The van der Waals surface area contributed by atoms with E-state index in [2.05, 4.69) is 11.1 Å². The van der Waals surface area contributed by atoms with Gasteiger partial charge < -0.3 is 10.0 Å². The highest BCUT2D eigenvalue weighted by Crippen LogP contribution is 2.28. The highest BCUT2D eigenvalue weighted by Gasteiger charge is 2.15. The summed E-state index contributed by atoms with van der Waals surface area (Å²) in [5.74, 6) is 0.0258. The molecule has 2 aromatic carbocycles. The normalized spacial score (nSPS) is 11.8. The van der Waals surface area contributed by atoms with Crippen molar-refractivity contribution < 1.29 is 5.11 Å². The molecular formula is C18H15N3OS. The molecule has 1 heterocycles. The van der Waals surface area contributed by atoms with Gasteiger partial charge in [0.15, 0.2) is 0 Å². The summed E-state index contributed by atoms with van der Waals surface area (Å²) in [4.78, 5) is 6.33. The Morgan fingerprint density at radius 3 is 2.57 bits per heavy atom. The zero-order chi connectivity index (χ0) is 16.2. The number of allylic oxidation sites excluding steroid dienone is 1. The lowest BCUT2D eigenvalue weighted by Gasteiger charge is -2.18. The van der Waals surface area contributed by atoms with Crippen LogP contribution in [0.2, 0.25) is 0 Å². The number of likely N-dealkylation sites (N-methyl/N-ethyl adjacent to an activating group) is 1. The number of aromatic nitrogens is 1. The lowest BCUT2D eigenvalue weighted by molar-refractivity contribution is 0.404. The number of para-hydroxylation sites is 2. The van der Waals surface area contributed by atoms with Crippen LogP contribution in [0.1, 0.15) is 5.01 Å². The lowest BCUT2D eigenvalue weighted by Crippen LogP contribution is -2.20. The molecule has 114 valence electrons. The van der Waals surface area contributed by atoms with Gasteiger partial charge in [0.05, 0.1) is 16.8 Å². The minimum Gasteiger partial charge on any atom is -0.509 e. The molecule has 0 unspecified atom stereocenters. The van der Waals surface area contributed by atoms with E-state index in [0.29, 0.717) is 5.01 Å². The lowest BCUT2D eigenvalue weighted by atomic mass is 10.2. The van der Waals surface area contributed by atoms with Crippen LogP contribution in [0.3, 0.4) is 0 Å². The van der Waals surface area contributed by atoms with Crippen molar-refractivity contribution in [1.82, 2.24) is 4.98 Å². The molecule has 0 atom stereocenters. The number of fused-ring (bicyclic) bond motifs is 1. The van der Waals surface area contributed by atoms with Crippen LogP contribution in [0.4, 0.5) is 5.69 Å². The van der Waals surface area contributed by atoms with Crippen LogP contribution in [-0.2, 0) is 0 Å². The van der Waals surface area contributed by atoms with Crippen LogP contribution in [0.25, 0.3) is 15.8 Å². The maximum Gasteiger partial charge on any atom is 0.138 e. The van der Waals surface area contributed by atoms with Crippen LogP contribution in [0, 0.1) is 11.3 Å². The maximum atomic E-state index is 10.4. The predicted molar refractivity (Wildman–Crippen MR) is 94.5 cm³/mol. The number of aliphatic hydroxyl groups is 1. The topological polar surface area (TPSA) is 60.1 Å². The van der Waals surface area contributed by atoms with Crippen molar-refractivity contribution in [3.63, 3.8) is 0 Å². The van der Waals surface area contributed by atoms with Gasteiger partial charge in [-0.05, 0) is 24.3 Å². The number of nitrogens with zero attached hydrogens (tertiary/aromatic N) is 3. The molecule has 0 fully saturated rings. The van der Waals surface area contributed by atoms with Gasteiger partial charge in [0.2, 0.25) is 0 Å². The molecule has 5 heteroatoms. The van der Waals surface area contributed by atoms with Crippen molar-refractivity contribution in [2.45, 2.75) is 0 Å². The molecule has 1 N–H and O–H groups in total. The number of rotatable bonds is 4. The molecule has 0 radical (unpaired) electrons. The second-order valence-electron chi connectivity index (χ2n) is 5.11. The van der Waals surface area contributed by atoms with Crippen LogP contribution >= 0.6 is 11.3 Å². The monoisotopic (exact) mass is 321 g/mol. The second-order valence-corrected chi connectivity index (χ2v) is 6.14. The largest absolute Gasteiger partial charge is 0.509 e. The summed E-state index contributed by atoms with van der Waals surface area (Å²) < 4.78 is 1.000. The van der Waals surface area contributed by atoms with Crippen molar-refractivity contribution in [3.8, 4) is 6.07 Å². The Balaban J connectivity index is 1.92. The molecule has 0 aliphatic heterocycles. The minimum atomic E-state index is 0.0258. The van der Waals surface area contributed by atoms with Crippen LogP contribution in [-0.4, -0.2) is 23.7 Å². The molecule has 1 aromatic heterocycles. The van der Waals surface area contributed by atoms with Crippen molar-refractivity contribution in [2.24, 2.45) is 0 Å². The van der Waals surface area contributed by atoms with Crippen LogP contribution < -0.4 is 4.90 Å². The van der Waals surface area contributed by atoms with E-state index in [1.165, 1.54) is 11.3 Å². The summed E-state index contributed by atoms with van der Waals surface area (Å²) in [5.41, 5.74) is 2.04. The number of benzene rings is 2. The first kappa shape index (κ1) is 15.1. The molecule has 3 aromatic rings. The molecule has 0 saturated heterocycles. The van der Waals surface area contributed by atoms with Crippen molar-refractivity contribution >= 4 is 32.8 Å². The van der Waals surface area contributed by atoms with Gasteiger partial charge in [-0.3, -0.25) is 0 Å². The van der Waals surface area contributed by atoms with E-state index in [1.807, 2.05) is 66.5 Å². The molecule has 0 amide bonds. The zero-order valence-corrected chi connectivity index (χ0v) is 13.4. The fourth-order valence-electron chi connectivity index (χ4n) is 2.29. The molecule has 0 aliphatic carbocycles. The third-order valence-electron chi connectivity index (χ3n) is 3.49. The first-order valence-electron chi connectivity index (χ1n) is 7.13. The molecule has 23 heavy (non-hydrogen) atoms. The van der Waals surface area contributed by atoms with Gasteiger partial charge in [0, 0.05) is 12.7 Å². The maximum absolute atomic E-state index is 10.4. The Kier molecular flexibility index (Phi) is 4.26. The Morgan fingerprint density at radius 2 is 1.87 bits per heavy atom. The highest BCUT2D eigenvalue weighted by atomic mass is 32.1. The second kappa shape index (κ2) is 6.51. The van der Waals surface area contributed by atoms with Gasteiger partial charge in [-0.15, -0.1) is 11.3 Å². The summed E-state index contributed by atoms with van der Waals surface area (Å²) in [5, 5.41) is 20.4. The van der Waals surface area contributed by atoms with Gasteiger partial charge in [0.25, 0.3) is 0 Å². The quantitative estimate of drug-likeness (QED) is 0.577. The molecule has 4 nitrogen and oxygen atoms in total. The van der Waals surface area contributed by atoms with E-state index >= 15 is 0 Å². The van der Waals surface area contributed by atoms with Gasteiger partial charge in [0.1, 0.15) is 22.4 Å². The van der Waals surface area contributed by atoms with Crippen LogP contribution in [0.5, 0.6) is 0 Å². The Labute approximate surface area is 138 Å². The Morgan fingerprint density at radius 1 is 1.17 bits per heavy atom. The third kappa shape index (κ3) is 3.17. The summed E-state index contributed by atoms with van der Waals surface area (Å²) in [7, 11) is 1.87. The first-order valence-corrected chi connectivity index (χ1v) is 7.95. The SMILES string of the molecule is CN(C/C(O)=C(\C#N)c1nc2ccccc2s1)c1ccccc1. The summed E-state index contributed by atoms with van der Waals surface area (Å²) >= 11 is 1.41. The zero-order valence-electron chi connectivity index (χ0n) is 12.6. The van der Waals surface area contributed by atoms with E-state index in [9.17, 15) is 10.4 Å². The molecule has 0 spiro atoms. The average Bonchev–Trinajstić information content (AvgIpc) is 2.99. The van der Waals surface area contributed by atoms with Crippen LogP contribution in [0.15, 0.2) is 60.4 Å². The fourth-order valence-corrected chi connectivity index (χ4v) is 3.28. The first-order chi connectivity index (χ1) is 11.2. The Hall–Kier alpha value is -2.84. The van der Waals surface area contributed by atoms with Gasteiger partial charge in [-0.1, -0.05) is 30.3 Å². The molecule has 0 saturated carbocycles. The molecular weight excluding hydrogens is 306 g/mol. The average molecular weight is 321 g/mol. The third-order valence-corrected chi connectivity index (χ3v) is 4.55. The minimum absolute atomic E-state index is 0.0258. The van der Waals surface area contributed by atoms with Gasteiger partial charge in [-0.25, -0.2) is 4.98 Å². The van der Waals surface area contributed by atoms with Gasteiger partial charge >= 0.3 is 0 Å². The number of thiazole rings is 1. The summed E-state index contributed by atoms with van der Waals surface area (Å²) in [6.07, 6.45) is 0. The predicted octanol–water partition coefficient (Wildman–Crippen LogP) is 4.23.